The van der Waals surface area contributed by atoms with Crippen LogP contribution >= 0.6 is 23.2 Å². The van der Waals surface area contributed by atoms with Gasteiger partial charge in [-0.3, -0.25) is 9.59 Å². The van der Waals surface area contributed by atoms with Gasteiger partial charge < -0.3 is 39.5 Å². The number of aromatic amines is 2. The summed E-state index contributed by atoms with van der Waals surface area (Å²) in [6.07, 6.45) is 6.20. The fourth-order valence-electron chi connectivity index (χ4n) is 7.70. The highest BCUT2D eigenvalue weighted by Crippen LogP contribution is 2.48. The summed E-state index contributed by atoms with van der Waals surface area (Å²) >= 11 is 12.7. The van der Waals surface area contributed by atoms with Gasteiger partial charge in [0.15, 0.2) is 0 Å². The van der Waals surface area contributed by atoms with Gasteiger partial charge in [-0.25, -0.2) is 9.59 Å². The number of aryl methyl sites for hydroxylation is 2. The number of halogens is 2. The molecule has 0 spiro atoms. The molecule has 2 aliphatic rings. The topological polar surface area (TPSA) is 165 Å². The van der Waals surface area contributed by atoms with Crippen LogP contribution in [0, 0.1) is 13.8 Å². The molecule has 54 heavy (non-hydrogen) atoms. The molecular formula is C40H36Cl2N4O8. The zero-order valence-corrected chi connectivity index (χ0v) is 31.3. The lowest BCUT2D eigenvalue weighted by Crippen LogP contribution is -2.28. The molecule has 12 nitrogen and oxygen atoms in total. The van der Waals surface area contributed by atoms with Crippen LogP contribution in [0.5, 0.6) is 11.5 Å². The van der Waals surface area contributed by atoms with Crippen molar-refractivity contribution in [1.82, 2.24) is 9.97 Å². The molecule has 4 N–H and O–H groups in total. The average molecular weight is 772 g/mol. The van der Waals surface area contributed by atoms with Gasteiger partial charge in [0.05, 0.1) is 47.8 Å². The Kier molecular flexibility index (Phi) is 9.67. The summed E-state index contributed by atoms with van der Waals surface area (Å²) in [6, 6.07) is 10.2. The number of methoxy groups -OCH3 is 2. The lowest BCUT2D eigenvalue weighted by molar-refractivity contribution is -0.114. The number of aromatic nitrogens is 2. The predicted octanol–water partition coefficient (Wildman–Crippen LogP) is 7.02. The highest BCUT2D eigenvalue weighted by atomic mass is 35.5. The minimum atomic E-state index is -0.558. The van der Waals surface area contributed by atoms with Gasteiger partial charge in [0.1, 0.15) is 11.5 Å². The summed E-state index contributed by atoms with van der Waals surface area (Å²) in [6.45, 7) is 3.96. The SMILES string of the molecule is COC(=O)c1c(C)[nH]c2c(O)cc3c(c12)[C@H](CCl)CN3C(=O)/C=C/c1ccc(/C=C/C(=O)N2C[C@H](CCl)c3c2cc(O)c2[nH]c(C)c(C(=O)OC)c32)cc1. The van der Waals surface area contributed by atoms with Crippen LogP contribution in [0.3, 0.4) is 0 Å². The number of esters is 2. The Bertz CT molecular complexity index is 2280. The van der Waals surface area contributed by atoms with Crippen molar-refractivity contribution in [3.8, 4) is 11.5 Å². The van der Waals surface area contributed by atoms with Crippen molar-refractivity contribution in [2.45, 2.75) is 25.7 Å². The molecule has 5 aromatic rings. The predicted molar refractivity (Wildman–Crippen MR) is 208 cm³/mol. The summed E-state index contributed by atoms with van der Waals surface area (Å²) in [5, 5.41) is 22.7. The van der Waals surface area contributed by atoms with Crippen LogP contribution in [0.15, 0.2) is 48.6 Å². The molecule has 0 fully saturated rings. The number of rotatable bonds is 8. The molecule has 0 unspecified atom stereocenters. The number of hydrogen-bond donors (Lipinski definition) is 4. The molecule has 14 heteroatoms. The number of alkyl halides is 2. The molecule has 2 aromatic heterocycles. The zero-order chi connectivity index (χ0) is 38.6. The molecule has 3 aromatic carbocycles. The van der Waals surface area contributed by atoms with Crippen molar-refractivity contribution in [2.24, 2.45) is 0 Å². The van der Waals surface area contributed by atoms with E-state index in [0.717, 1.165) is 11.1 Å². The van der Waals surface area contributed by atoms with Crippen molar-refractivity contribution in [2.75, 3.05) is 48.9 Å². The van der Waals surface area contributed by atoms with E-state index < -0.39 is 11.9 Å². The molecule has 278 valence electrons. The first-order valence-corrected chi connectivity index (χ1v) is 18.1. The van der Waals surface area contributed by atoms with Gasteiger partial charge in [0.25, 0.3) is 11.8 Å². The number of H-pyrrole nitrogens is 2. The first-order chi connectivity index (χ1) is 25.9. The fraction of sp³-hybridized carbons (Fsp3) is 0.250. The van der Waals surface area contributed by atoms with Gasteiger partial charge in [0, 0.05) is 83.1 Å². The number of nitrogens with one attached hydrogen (secondary N) is 2. The van der Waals surface area contributed by atoms with E-state index in [0.29, 0.717) is 66.8 Å². The van der Waals surface area contributed by atoms with Crippen molar-refractivity contribution >= 4 is 92.3 Å². The number of aromatic hydroxyl groups is 2. The standard InChI is InChI=1S/C40H36Cl2N4O8/c1-19-31(39(51)53-3)35-33-23(15-41)17-45(25(33)13-27(47)37(35)43-19)29(49)11-9-21-5-7-22(8-6-21)10-12-30(50)46-18-24(16-42)34-26(46)14-28(48)38-36(34)32(20(2)44-38)40(52)54-4/h5-14,23-24,43-44,47-48H,15-18H2,1-4H3/b11-9+,12-10+/t23-,24+. The number of fused-ring (bicyclic) bond motifs is 6. The Morgan fingerprint density at radius 3 is 1.43 bits per heavy atom. The molecule has 2 amide bonds. The van der Waals surface area contributed by atoms with E-state index >= 15 is 0 Å². The van der Waals surface area contributed by atoms with Gasteiger partial charge in [-0.15, -0.1) is 23.2 Å². The van der Waals surface area contributed by atoms with Crippen molar-refractivity contribution in [3.05, 3.63) is 93.3 Å². The number of benzene rings is 3. The number of nitrogens with zero attached hydrogens (tertiary/aromatic N) is 2. The Morgan fingerprint density at radius 1 is 0.722 bits per heavy atom. The molecule has 0 bridgehead atoms. The number of hydrogen-bond acceptors (Lipinski definition) is 8. The number of phenols is 2. The Labute approximate surface area is 319 Å². The summed E-state index contributed by atoms with van der Waals surface area (Å²) in [7, 11) is 2.57. The van der Waals surface area contributed by atoms with Crippen molar-refractivity contribution in [1.29, 1.82) is 0 Å². The molecule has 2 aliphatic heterocycles. The zero-order valence-electron chi connectivity index (χ0n) is 29.8. The maximum absolute atomic E-state index is 13.5. The smallest absolute Gasteiger partial charge is 0.340 e. The lowest BCUT2D eigenvalue weighted by atomic mass is 9.95. The number of carbonyl (C=O) groups is 4. The maximum Gasteiger partial charge on any atom is 0.340 e. The molecule has 0 saturated heterocycles. The lowest BCUT2D eigenvalue weighted by Gasteiger charge is -2.16. The first-order valence-electron chi connectivity index (χ1n) is 17.1. The monoisotopic (exact) mass is 770 g/mol. The molecule has 0 aliphatic carbocycles. The normalized spacial score (nSPS) is 16.6. The van der Waals surface area contributed by atoms with Crippen LogP contribution in [0.2, 0.25) is 0 Å². The Hall–Kier alpha value is -5.72. The van der Waals surface area contributed by atoms with Crippen LogP contribution in [-0.2, 0) is 19.1 Å². The van der Waals surface area contributed by atoms with E-state index in [4.69, 9.17) is 32.7 Å². The summed E-state index contributed by atoms with van der Waals surface area (Å²) in [5.41, 5.74) is 6.22. The Balaban J connectivity index is 1.10. The van der Waals surface area contributed by atoms with Crippen LogP contribution in [0.4, 0.5) is 11.4 Å². The number of phenolic OH excluding ortho intramolecular Hbond substituents is 2. The first kappa shape index (κ1) is 36.6. The summed E-state index contributed by atoms with van der Waals surface area (Å²) in [4.78, 5) is 61.7. The van der Waals surface area contributed by atoms with Crippen LogP contribution < -0.4 is 9.80 Å². The average Bonchev–Trinajstić information content (AvgIpc) is 3.92. The highest BCUT2D eigenvalue weighted by Gasteiger charge is 2.38. The molecular weight excluding hydrogens is 735 g/mol. The number of carbonyl (C=O) groups excluding carboxylic acids is 4. The van der Waals surface area contributed by atoms with E-state index in [1.54, 1.807) is 50.3 Å². The maximum atomic E-state index is 13.5. The number of amides is 2. The third-order valence-electron chi connectivity index (χ3n) is 10.2. The van der Waals surface area contributed by atoms with E-state index in [1.807, 2.05) is 0 Å². The fourth-order valence-corrected chi connectivity index (χ4v) is 8.20. The third-order valence-corrected chi connectivity index (χ3v) is 10.9. The van der Waals surface area contributed by atoms with Gasteiger partial charge >= 0.3 is 11.9 Å². The van der Waals surface area contributed by atoms with Crippen molar-refractivity contribution < 1.29 is 38.9 Å². The van der Waals surface area contributed by atoms with E-state index in [2.05, 4.69) is 9.97 Å². The van der Waals surface area contributed by atoms with Crippen LogP contribution in [-0.4, -0.2) is 83.0 Å². The molecule has 0 saturated carbocycles. The molecule has 2 atom stereocenters. The van der Waals surface area contributed by atoms with E-state index in [-0.39, 0.29) is 60.0 Å². The molecule has 7 rings (SSSR count). The third kappa shape index (κ3) is 5.95. The van der Waals surface area contributed by atoms with Crippen LogP contribution in [0.1, 0.15) is 66.2 Å². The number of ether oxygens (including phenoxy) is 2. The van der Waals surface area contributed by atoms with Gasteiger partial charge in [-0.1, -0.05) is 24.3 Å². The summed E-state index contributed by atoms with van der Waals surface area (Å²) in [5.74, 6) is -2.18. The second-order valence-corrected chi connectivity index (χ2v) is 13.9. The summed E-state index contributed by atoms with van der Waals surface area (Å²) < 4.78 is 10.0. The van der Waals surface area contributed by atoms with Crippen molar-refractivity contribution in [3.63, 3.8) is 0 Å². The second-order valence-electron chi connectivity index (χ2n) is 13.3. The highest BCUT2D eigenvalue weighted by molar-refractivity contribution is 6.21. The van der Waals surface area contributed by atoms with Gasteiger partial charge in [-0.05, 0) is 48.3 Å². The largest absolute Gasteiger partial charge is 0.506 e. The van der Waals surface area contributed by atoms with E-state index in [1.165, 1.54) is 48.3 Å². The quantitative estimate of drug-likeness (QED) is 0.0743. The number of anilines is 2. The van der Waals surface area contributed by atoms with Crippen LogP contribution in [0.25, 0.3) is 34.0 Å². The van der Waals surface area contributed by atoms with E-state index in [9.17, 15) is 29.4 Å². The second kappa shape index (κ2) is 14.3. The molecule has 4 heterocycles. The van der Waals surface area contributed by atoms with Gasteiger partial charge in [0.2, 0.25) is 0 Å². The minimum Gasteiger partial charge on any atom is -0.506 e. The van der Waals surface area contributed by atoms with Gasteiger partial charge in [-0.2, -0.15) is 0 Å². The minimum absolute atomic E-state index is 0.104. The molecule has 0 radical (unpaired) electrons. The Morgan fingerprint density at radius 2 is 1.09 bits per heavy atom.